The monoisotopic (exact) mass is 317 g/mol. The van der Waals surface area contributed by atoms with Gasteiger partial charge in [-0.3, -0.25) is 0 Å². The number of hydrogen-bond donors (Lipinski definition) is 3. The highest BCUT2D eigenvalue weighted by Gasteiger charge is 2.37. The third-order valence-corrected chi connectivity index (χ3v) is 4.46. The van der Waals surface area contributed by atoms with Crippen molar-refractivity contribution in [1.29, 1.82) is 0 Å². The number of rotatable bonds is 5. The highest BCUT2D eigenvalue weighted by Crippen LogP contribution is 2.35. The molecule has 6 N–H and O–H groups in total. The summed E-state index contributed by atoms with van der Waals surface area (Å²) < 4.78 is 0. The molecule has 0 atom stereocenters. The first kappa shape index (κ1) is 16.4. The van der Waals surface area contributed by atoms with Crippen molar-refractivity contribution in [2.45, 2.75) is 17.6 Å². The number of benzene rings is 3. The van der Waals surface area contributed by atoms with Crippen molar-refractivity contribution >= 4 is 0 Å². The molecule has 0 radical (unpaired) electrons. The van der Waals surface area contributed by atoms with Gasteiger partial charge in [-0.05, 0) is 16.7 Å². The summed E-state index contributed by atoms with van der Waals surface area (Å²) in [7, 11) is 0. The molecule has 0 aromatic heterocycles. The molecule has 0 aliphatic heterocycles. The first-order chi connectivity index (χ1) is 11.5. The zero-order chi connectivity index (χ0) is 17.0. The summed E-state index contributed by atoms with van der Waals surface area (Å²) in [6.07, 6.45) is 0.387. The molecule has 0 fully saturated rings. The van der Waals surface area contributed by atoms with Gasteiger partial charge in [-0.1, -0.05) is 91.0 Å². The number of hydrogen-bond acceptors (Lipinski definition) is 3. The maximum Gasteiger partial charge on any atom is 0.0923 e. The molecule has 3 aromatic rings. The van der Waals surface area contributed by atoms with Crippen LogP contribution in [0.1, 0.15) is 23.1 Å². The summed E-state index contributed by atoms with van der Waals surface area (Å²) in [6.45, 7) is 0. The second kappa shape index (κ2) is 6.57. The lowest BCUT2D eigenvalue weighted by molar-refractivity contribution is 0.325. The predicted molar refractivity (Wildman–Crippen MR) is 99.0 cm³/mol. The molecule has 0 saturated carbocycles. The fourth-order valence-electron chi connectivity index (χ4n) is 3.15. The summed E-state index contributed by atoms with van der Waals surface area (Å²) in [4.78, 5) is 0. The van der Waals surface area contributed by atoms with Crippen molar-refractivity contribution in [1.82, 2.24) is 0 Å². The van der Waals surface area contributed by atoms with E-state index >= 15 is 0 Å². The van der Waals surface area contributed by atoms with Crippen LogP contribution in [0.5, 0.6) is 0 Å². The quantitative estimate of drug-likeness (QED) is 0.633. The largest absolute Gasteiger partial charge is 0.318 e. The predicted octanol–water partition coefficient (Wildman–Crippen LogP) is 3.05. The lowest BCUT2D eigenvalue weighted by atomic mass is 9.75. The molecule has 0 heterocycles. The Morgan fingerprint density at radius 1 is 0.500 bits per heavy atom. The second-order valence-corrected chi connectivity index (χ2v) is 6.29. The lowest BCUT2D eigenvalue weighted by Crippen LogP contribution is -2.54. The average molecular weight is 317 g/mol. The van der Waals surface area contributed by atoms with E-state index in [2.05, 4.69) is 0 Å². The van der Waals surface area contributed by atoms with Crippen LogP contribution in [0.4, 0.5) is 0 Å². The topological polar surface area (TPSA) is 78.1 Å². The fraction of sp³-hybridized carbons (Fsp3) is 0.143. The molecule has 0 spiro atoms. The smallest absolute Gasteiger partial charge is 0.0923 e. The standard InChI is InChI=1S/C21H23N3/c22-20(17-10-4-1-5-11-17,18-12-6-2-7-13-18)16-21(23,24)19-14-8-3-9-15-19/h1-15H,16,22-24H2. The third-order valence-electron chi connectivity index (χ3n) is 4.46. The summed E-state index contributed by atoms with van der Waals surface area (Å²) >= 11 is 0. The van der Waals surface area contributed by atoms with Crippen LogP contribution in [0, 0.1) is 0 Å². The van der Waals surface area contributed by atoms with Crippen LogP contribution in [0.3, 0.4) is 0 Å². The normalized spacial score (nSPS) is 12.1. The van der Waals surface area contributed by atoms with Crippen LogP contribution in [0.15, 0.2) is 91.0 Å². The Labute approximate surface area is 143 Å². The van der Waals surface area contributed by atoms with E-state index in [9.17, 15) is 0 Å². The maximum absolute atomic E-state index is 6.90. The summed E-state index contributed by atoms with van der Waals surface area (Å²) in [5, 5.41) is 0. The summed E-state index contributed by atoms with van der Waals surface area (Å²) in [6, 6.07) is 29.7. The molecular formula is C21H23N3. The highest BCUT2D eigenvalue weighted by molar-refractivity contribution is 5.39. The van der Waals surface area contributed by atoms with Crippen molar-refractivity contribution in [2.24, 2.45) is 17.2 Å². The Kier molecular flexibility index (Phi) is 4.49. The van der Waals surface area contributed by atoms with Gasteiger partial charge >= 0.3 is 0 Å². The molecule has 0 amide bonds. The van der Waals surface area contributed by atoms with Gasteiger partial charge in [0.15, 0.2) is 0 Å². The Morgan fingerprint density at radius 3 is 1.21 bits per heavy atom. The van der Waals surface area contributed by atoms with E-state index in [1.54, 1.807) is 0 Å². The Hall–Kier alpha value is -2.46. The van der Waals surface area contributed by atoms with Gasteiger partial charge in [0.05, 0.1) is 11.2 Å². The molecule has 122 valence electrons. The molecule has 3 heteroatoms. The van der Waals surface area contributed by atoms with Gasteiger partial charge in [-0.15, -0.1) is 0 Å². The average Bonchev–Trinajstić information content (AvgIpc) is 2.63. The first-order valence-corrected chi connectivity index (χ1v) is 8.06. The Balaban J connectivity index is 2.06. The van der Waals surface area contributed by atoms with Gasteiger partial charge < -0.3 is 17.2 Å². The van der Waals surface area contributed by atoms with Crippen molar-refractivity contribution in [3.63, 3.8) is 0 Å². The Morgan fingerprint density at radius 2 is 0.833 bits per heavy atom. The van der Waals surface area contributed by atoms with E-state index in [1.807, 2.05) is 91.0 Å². The Bertz CT molecular complexity index is 728. The van der Waals surface area contributed by atoms with Gasteiger partial charge in [-0.25, -0.2) is 0 Å². The molecule has 0 aliphatic rings. The van der Waals surface area contributed by atoms with E-state index in [-0.39, 0.29) is 0 Å². The molecule has 24 heavy (non-hydrogen) atoms. The van der Waals surface area contributed by atoms with Crippen molar-refractivity contribution in [2.75, 3.05) is 0 Å². The molecule has 0 aliphatic carbocycles. The minimum Gasteiger partial charge on any atom is -0.318 e. The van der Waals surface area contributed by atoms with Crippen molar-refractivity contribution in [3.05, 3.63) is 108 Å². The highest BCUT2D eigenvalue weighted by atomic mass is 15.0. The summed E-state index contributed by atoms with van der Waals surface area (Å²) in [5.74, 6) is 0. The van der Waals surface area contributed by atoms with Crippen LogP contribution >= 0.6 is 0 Å². The van der Waals surface area contributed by atoms with E-state index in [0.29, 0.717) is 6.42 Å². The molecule has 0 unspecified atom stereocenters. The van der Waals surface area contributed by atoms with Crippen LogP contribution in [-0.4, -0.2) is 0 Å². The van der Waals surface area contributed by atoms with Crippen molar-refractivity contribution < 1.29 is 0 Å². The third kappa shape index (κ3) is 3.24. The van der Waals surface area contributed by atoms with Gasteiger partial charge in [0.25, 0.3) is 0 Å². The minimum atomic E-state index is -1.04. The van der Waals surface area contributed by atoms with E-state index in [4.69, 9.17) is 17.2 Å². The SMILES string of the molecule is NC(N)(CC(N)(c1ccccc1)c1ccccc1)c1ccccc1. The van der Waals surface area contributed by atoms with Crippen LogP contribution in [0.2, 0.25) is 0 Å². The van der Waals surface area contributed by atoms with Crippen LogP contribution < -0.4 is 17.2 Å². The molecule has 3 nitrogen and oxygen atoms in total. The molecule has 3 rings (SSSR count). The zero-order valence-electron chi connectivity index (χ0n) is 13.6. The van der Waals surface area contributed by atoms with E-state index in [1.165, 1.54) is 0 Å². The fourth-order valence-corrected chi connectivity index (χ4v) is 3.15. The molecule has 0 bridgehead atoms. The molecular weight excluding hydrogens is 294 g/mol. The van der Waals surface area contributed by atoms with Gasteiger partial charge in [0.1, 0.15) is 0 Å². The number of nitrogens with two attached hydrogens (primary N) is 3. The van der Waals surface area contributed by atoms with Gasteiger partial charge in [0, 0.05) is 6.42 Å². The lowest BCUT2D eigenvalue weighted by Gasteiger charge is -2.38. The van der Waals surface area contributed by atoms with Gasteiger partial charge in [-0.2, -0.15) is 0 Å². The van der Waals surface area contributed by atoms with Gasteiger partial charge in [0.2, 0.25) is 0 Å². The molecule has 0 saturated heterocycles. The summed E-state index contributed by atoms with van der Waals surface area (Å²) in [5.41, 5.74) is 20.9. The maximum atomic E-state index is 6.90. The second-order valence-electron chi connectivity index (χ2n) is 6.29. The van der Waals surface area contributed by atoms with E-state index < -0.39 is 11.2 Å². The van der Waals surface area contributed by atoms with Crippen molar-refractivity contribution in [3.8, 4) is 0 Å². The van der Waals surface area contributed by atoms with Crippen LogP contribution in [0.25, 0.3) is 0 Å². The first-order valence-electron chi connectivity index (χ1n) is 8.06. The van der Waals surface area contributed by atoms with Crippen LogP contribution in [-0.2, 0) is 11.2 Å². The minimum absolute atomic E-state index is 0.387. The zero-order valence-corrected chi connectivity index (χ0v) is 13.6. The van der Waals surface area contributed by atoms with E-state index in [0.717, 1.165) is 16.7 Å². The molecule has 3 aromatic carbocycles.